The highest BCUT2D eigenvalue weighted by molar-refractivity contribution is 4.97. The topological polar surface area (TPSA) is 38.7 Å². The highest BCUT2D eigenvalue weighted by atomic mass is 16.8. The van der Waals surface area contributed by atoms with E-state index in [4.69, 9.17) is 9.47 Å². The molecule has 0 spiro atoms. The van der Waals surface area contributed by atoms with Crippen LogP contribution in [-0.4, -0.2) is 29.7 Å². The number of hydrogen-bond acceptors (Lipinski definition) is 3. The maximum absolute atomic E-state index is 9.25. The van der Waals surface area contributed by atoms with Crippen molar-refractivity contribution in [3.63, 3.8) is 0 Å². The second-order valence-electron chi connectivity index (χ2n) is 5.81. The van der Waals surface area contributed by atoms with Gasteiger partial charge in [-0.1, -0.05) is 51.2 Å². The van der Waals surface area contributed by atoms with Crippen molar-refractivity contribution in [1.82, 2.24) is 0 Å². The first-order valence-corrected chi connectivity index (χ1v) is 7.72. The van der Waals surface area contributed by atoms with Gasteiger partial charge in [-0.15, -0.1) is 0 Å². The Labute approximate surface area is 118 Å². The maximum atomic E-state index is 9.25. The Balaban J connectivity index is 2.14. The van der Waals surface area contributed by atoms with Crippen molar-refractivity contribution in [2.24, 2.45) is 0 Å². The molecule has 1 fully saturated rings. The van der Waals surface area contributed by atoms with Crippen LogP contribution in [0, 0.1) is 0 Å². The SMILES string of the molecule is CCCCCCCC/C=C/[C@H]1OC(C)(C)O[C@H]1CO. The Hall–Kier alpha value is -0.380. The van der Waals surface area contributed by atoms with Crippen LogP contribution in [0.1, 0.15) is 65.7 Å². The fourth-order valence-corrected chi connectivity index (χ4v) is 2.44. The summed E-state index contributed by atoms with van der Waals surface area (Å²) < 4.78 is 11.4. The first-order chi connectivity index (χ1) is 9.09. The summed E-state index contributed by atoms with van der Waals surface area (Å²) in [5.74, 6) is -0.581. The molecule has 1 heterocycles. The van der Waals surface area contributed by atoms with Crippen LogP contribution in [0.2, 0.25) is 0 Å². The van der Waals surface area contributed by atoms with Crippen molar-refractivity contribution in [2.75, 3.05) is 6.61 Å². The molecule has 1 rings (SSSR count). The summed E-state index contributed by atoms with van der Waals surface area (Å²) in [6, 6.07) is 0. The third-order valence-corrected chi connectivity index (χ3v) is 3.45. The van der Waals surface area contributed by atoms with Crippen molar-refractivity contribution in [3.8, 4) is 0 Å². The Kier molecular flexibility index (Phi) is 7.66. The molecule has 0 saturated carbocycles. The van der Waals surface area contributed by atoms with Gasteiger partial charge in [0.05, 0.1) is 6.61 Å². The molecule has 2 atom stereocenters. The predicted molar refractivity (Wildman–Crippen MR) is 78.0 cm³/mol. The third kappa shape index (κ3) is 6.55. The van der Waals surface area contributed by atoms with Crippen molar-refractivity contribution in [1.29, 1.82) is 0 Å². The van der Waals surface area contributed by atoms with Gasteiger partial charge in [0, 0.05) is 0 Å². The Morgan fingerprint density at radius 1 is 1.05 bits per heavy atom. The molecule has 1 aliphatic heterocycles. The van der Waals surface area contributed by atoms with E-state index in [1.54, 1.807) is 0 Å². The third-order valence-electron chi connectivity index (χ3n) is 3.45. The highest BCUT2D eigenvalue weighted by Gasteiger charge is 2.39. The van der Waals surface area contributed by atoms with Crippen LogP contribution in [-0.2, 0) is 9.47 Å². The zero-order valence-electron chi connectivity index (χ0n) is 12.7. The lowest BCUT2D eigenvalue weighted by molar-refractivity contribution is -0.146. The van der Waals surface area contributed by atoms with Gasteiger partial charge >= 0.3 is 0 Å². The van der Waals surface area contributed by atoms with Crippen LogP contribution < -0.4 is 0 Å². The lowest BCUT2D eigenvalue weighted by atomic mass is 10.1. The summed E-state index contributed by atoms with van der Waals surface area (Å²) in [4.78, 5) is 0. The number of rotatable bonds is 9. The van der Waals surface area contributed by atoms with E-state index in [-0.39, 0.29) is 18.8 Å². The molecule has 0 unspecified atom stereocenters. The molecule has 1 N–H and O–H groups in total. The molecule has 0 amide bonds. The van der Waals surface area contributed by atoms with Crippen LogP contribution in [0.3, 0.4) is 0 Å². The lowest BCUT2D eigenvalue weighted by Crippen LogP contribution is -2.24. The second-order valence-corrected chi connectivity index (χ2v) is 5.81. The number of aliphatic hydroxyl groups excluding tert-OH is 1. The van der Waals surface area contributed by atoms with Gasteiger partial charge in [-0.3, -0.25) is 0 Å². The minimum absolute atomic E-state index is 0.00938. The second kappa shape index (κ2) is 8.72. The Morgan fingerprint density at radius 3 is 2.42 bits per heavy atom. The van der Waals surface area contributed by atoms with Crippen LogP contribution in [0.4, 0.5) is 0 Å². The Bertz CT molecular complexity index is 261. The summed E-state index contributed by atoms with van der Waals surface area (Å²) in [5.41, 5.74) is 0. The predicted octanol–water partition coefficient (Wildman–Crippen LogP) is 3.81. The minimum Gasteiger partial charge on any atom is -0.394 e. The van der Waals surface area contributed by atoms with Gasteiger partial charge < -0.3 is 14.6 Å². The average Bonchev–Trinajstić information content (AvgIpc) is 2.67. The van der Waals surface area contributed by atoms with E-state index in [9.17, 15) is 5.11 Å². The molecule has 1 aliphatic rings. The normalized spacial score (nSPS) is 26.3. The summed E-state index contributed by atoms with van der Waals surface area (Å²) in [6.45, 7) is 6.02. The van der Waals surface area contributed by atoms with E-state index < -0.39 is 5.79 Å². The van der Waals surface area contributed by atoms with E-state index in [2.05, 4.69) is 13.0 Å². The van der Waals surface area contributed by atoms with E-state index in [0.29, 0.717) is 0 Å². The molecule has 1 saturated heterocycles. The molecule has 0 aromatic heterocycles. The van der Waals surface area contributed by atoms with Crippen LogP contribution in [0.5, 0.6) is 0 Å². The molecule has 19 heavy (non-hydrogen) atoms. The summed E-state index contributed by atoms with van der Waals surface area (Å²) >= 11 is 0. The van der Waals surface area contributed by atoms with Gasteiger partial charge in [0.2, 0.25) is 0 Å². The summed E-state index contributed by atoms with van der Waals surface area (Å²) in [5, 5.41) is 9.25. The number of allylic oxidation sites excluding steroid dienone is 1. The minimum atomic E-state index is -0.581. The van der Waals surface area contributed by atoms with E-state index in [0.717, 1.165) is 6.42 Å². The molecular formula is C16H30O3. The molecule has 112 valence electrons. The summed E-state index contributed by atoms with van der Waals surface area (Å²) in [7, 11) is 0. The lowest BCUT2D eigenvalue weighted by Gasteiger charge is -2.15. The fraction of sp³-hybridized carbons (Fsp3) is 0.875. The van der Waals surface area contributed by atoms with Crippen LogP contribution in [0.25, 0.3) is 0 Å². The monoisotopic (exact) mass is 270 g/mol. The number of aliphatic hydroxyl groups is 1. The van der Waals surface area contributed by atoms with Crippen LogP contribution >= 0.6 is 0 Å². The molecule has 0 aromatic rings. The molecule has 0 bridgehead atoms. The fourth-order valence-electron chi connectivity index (χ4n) is 2.44. The molecular weight excluding hydrogens is 240 g/mol. The summed E-state index contributed by atoms with van der Waals surface area (Å²) in [6.07, 6.45) is 12.9. The van der Waals surface area contributed by atoms with Gasteiger partial charge in [-0.25, -0.2) is 0 Å². The van der Waals surface area contributed by atoms with Crippen molar-refractivity contribution < 1.29 is 14.6 Å². The van der Waals surface area contributed by atoms with E-state index >= 15 is 0 Å². The number of hydrogen-bond donors (Lipinski definition) is 1. The number of unbranched alkanes of at least 4 members (excludes halogenated alkanes) is 6. The quantitative estimate of drug-likeness (QED) is 0.511. The average molecular weight is 270 g/mol. The molecule has 0 aromatic carbocycles. The van der Waals surface area contributed by atoms with Crippen molar-refractivity contribution >= 4 is 0 Å². The zero-order valence-corrected chi connectivity index (χ0v) is 12.7. The molecule has 3 heteroatoms. The van der Waals surface area contributed by atoms with E-state index in [1.165, 1.54) is 38.5 Å². The van der Waals surface area contributed by atoms with Crippen molar-refractivity contribution in [2.45, 2.75) is 83.7 Å². The van der Waals surface area contributed by atoms with Gasteiger partial charge in [0.15, 0.2) is 5.79 Å². The zero-order chi connectivity index (χ0) is 14.1. The molecule has 3 nitrogen and oxygen atoms in total. The molecule has 0 radical (unpaired) electrons. The van der Waals surface area contributed by atoms with Gasteiger partial charge in [-0.05, 0) is 26.7 Å². The van der Waals surface area contributed by atoms with Gasteiger partial charge in [-0.2, -0.15) is 0 Å². The van der Waals surface area contributed by atoms with Gasteiger partial charge in [0.25, 0.3) is 0 Å². The first-order valence-electron chi connectivity index (χ1n) is 7.72. The molecule has 0 aliphatic carbocycles. The van der Waals surface area contributed by atoms with Crippen molar-refractivity contribution in [3.05, 3.63) is 12.2 Å². The maximum Gasteiger partial charge on any atom is 0.164 e. The van der Waals surface area contributed by atoms with Crippen LogP contribution in [0.15, 0.2) is 12.2 Å². The standard InChI is InChI=1S/C16H30O3/c1-4-5-6-7-8-9-10-11-12-14-15(13-17)19-16(2,3)18-14/h11-12,14-15,17H,4-10,13H2,1-3H3/b12-11+/t14-,15+/m1/s1. The smallest absolute Gasteiger partial charge is 0.164 e. The Morgan fingerprint density at radius 2 is 1.74 bits per heavy atom. The highest BCUT2D eigenvalue weighted by Crippen LogP contribution is 2.28. The number of ether oxygens (including phenoxy) is 2. The largest absolute Gasteiger partial charge is 0.394 e. The van der Waals surface area contributed by atoms with E-state index in [1.807, 2.05) is 19.9 Å². The van der Waals surface area contributed by atoms with Gasteiger partial charge in [0.1, 0.15) is 12.2 Å². The first kappa shape index (κ1) is 16.7.